The Bertz CT molecular complexity index is 301. The van der Waals surface area contributed by atoms with Crippen LogP contribution < -0.4 is 0 Å². The van der Waals surface area contributed by atoms with E-state index in [0.29, 0.717) is 25.4 Å². The molecule has 4 nitrogen and oxygen atoms in total. The number of carbonyl (C=O) groups excluding carboxylic acids is 1. The topological polar surface area (TPSA) is 44.8 Å². The molecule has 0 bridgehead atoms. The second-order valence-corrected chi connectivity index (χ2v) is 5.80. The first-order valence-corrected chi connectivity index (χ1v) is 7.86. The molecule has 2 atom stereocenters. The van der Waals surface area contributed by atoms with Gasteiger partial charge in [-0.2, -0.15) is 0 Å². The smallest absolute Gasteiger partial charge is 0.312 e. The van der Waals surface area contributed by atoms with Crippen LogP contribution in [0.3, 0.4) is 0 Å². The van der Waals surface area contributed by atoms with Crippen molar-refractivity contribution in [2.75, 3.05) is 20.5 Å². The minimum Gasteiger partial charge on any atom is -0.466 e. The van der Waals surface area contributed by atoms with Gasteiger partial charge in [-0.05, 0) is 32.1 Å². The van der Waals surface area contributed by atoms with E-state index >= 15 is 0 Å². The van der Waals surface area contributed by atoms with E-state index in [4.69, 9.17) is 14.2 Å². The molecule has 0 radical (unpaired) electrons. The highest BCUT2D eigenvalue weighted by Crippen LogP contribution is 2.38. The summed E-state index contributed by atoms with van der Waals surface area (Å²) in [6.45, 7) is 12.5. The lowest BCUT2D eigenvalue weighted by molar-refractivity contribution is -0.162. The SMILES string of the molecule is C=CC[C@](CCC)(C[C@@H](OCOC)C(C)C)C(=O)OCC. The van der Waals surface area contributed by atoms with E-state index in [2.05, 4.69) is 27.4 Å². The van der Waals surface area contributed by atoms with Gasteiger partial charge in [-0.3, -0.25) is 4.79 Å². The van der Waals surface area contributed by atoms with Crippen molar-refractivity contribution in [3.8, 4) is 0 Å². The molecule has 0 saturated carbocycles. The number of ether oxygens (including phenoxy) is 3. The first-order valence-electron chi connectivity index (χ1n) is 7.86. The van der Waals surface area contributed by atoms with Crippen molar-refractivity contribution >= 4 is 5.97 Å². The molecule has 0 fully saturated rings. The van der Waals surface area contributed by atoms with Gasteiger partial charge in [0, 0.05) is 7.11 Å². The Balaban J connectivity index is 5.22. The molecular formula is C17H32O4. The van der Waals surface area contributed by atoms with Crippen molar-refractivity contribution in [2.24, 2.45) is 11.3 Å². The van der Waals surface area contributed by atoms with Crippen LogP contribution in [-0.4, -0.2) is 32.6 Å². The fourth-order valence-corrected chi connectivity index (χ4v) is 2.62. The van der Waals surface area contributed by atoms with Crippen LogP contribution in [0.4, 0.5) is 0 Å². The van der Waals surface area contributed by atoms with Crippen molar-refractivity contribution < 1.29 is 19.0 Å². The van der Waals surface area contributed by atoms with Crippen molar-refractivity contribution in [2.45, 2.75) is 59.5 Å². The molecule has 0 aromatic rings. The quantitative estimate of drug-likeness (QED) is 0.311. The molecule has 0 spiro atoms. The van der Waals surface area contributed by atoms with E-state index in [1.165, 1.54) is 0 Å². The molecule has 4 heteroatoms. The third-order valence-corrected chi connectivity index (χ3v) is 3.71. The highest BCUT2D eigenvalue weighted by Gasteiger charge is 2.41. The Labute approximate surface area is 129 Å². The molecule has 0 aliphatic carbocycles. The van der Waals surface area contributed by atoms with Gasteiger partial charge in [-0.1, -0.05) is 33.3 Å². The van der Waals surface area contributed by atoms with Gasteiger partial charge < -0.3 is 14.2 Å². The third kappa shape index (κ3) is 6.62. The van der Waals surface area contributed by atoms with Crippen LogP contribution in [0.25, 0.3) is 0 Å². The summed E-state index contributed by atoms with van der Waals surface area (Å²) in [5.74, 6) is 0.161. The predicted octanol–water partition coefficient (Wildman–Crippen LogP) is 3.95. The van der Waals surface area contributed by atoms with Crippen LogP contribution in [-0.2, 0) is 19.0 Å². The molecule has 124 valence electrons. The molecule has 0 aliphatic heterocycles. The molecule has 0 amide bonds. The van der Waals surface area contributed by atoms with Crippen molar-refractivity contribution in [1.29, 1.82) is 0 Å². The molecule has 0 N–H and O–H groups in total. The van der Waals surface area contributed by atoms with Crippen LogP contribution in [0.2, 0.25) is 0 Å². The minimum absolute atomic E-state index is 0.0409. The van der Waals surface area contributed by atoms with Crippen LogP contribution in [0.1, 0.15) is 53.4 Å². The lowest BCUT2D eigenvalue weighted by Gasteiger charge is -2.35. The predicted molar refractivity (Wildman–Crippen MR) is 85.0 cm³/mol. The van der Waals surface area contributed by atoms with E-state index in [-0.39, 0.29) is 18.9 Å². The monoisotopic (exact) mass is 300 g/mol. The maximum Gasteiger partial charge on any atom is 0.312 e. The van der Waals surface area contributed by atoms with E-state index < -0.39 is 5.41 Å². The second-order valence-electron chi connectivity index (χ2n) is 5.80. The fourth-order valence-electron chi connectivity index (χ4n) is 2.62. The van der Waals surface area contributed by atoms with Crippen LogP contribution in [0, 0.1) is 11.3 Å². The molecule has 0 aromatic heterocycles. The summed E-state index contributed by atoms with van der Waals surface area (Å²) in [6.07, 6.45) is 4.70. The largest absolute Gasteiger partial charge is 0.466 e. The van der Waals surface area contributed by atoms with Crippen molar-refractivity contribution in [1.82, 2.24) is 0 Å². The van der Waals surface area contributed by atoms with Gasteiger partial charge in [0.25, 0.3) is 0 Å². The second kappa shape index (κ2) is 10.8. The summed E-state index contributed by atoms with van der Waals surface area (Å²) in [6, 6.07) is 0. The lowest BCUT2D eigenvalue weighted by Crippen LogP contribution is -2.39. The van der Waals surface area contributed by atoms with Gasteiger partial charge in [0.05, 0.1) is 18.1 Å². The summed E-state index contributed by atoms with van der Waals surface area (Å²) in [5.41, 5.74) is -0.546. The summed E-state index contributed by atoms with van der Waals surface area (Å²) >= 11 is 0. The van der Waals surface area contributed by atoms with Crippen LogP contribution in [0.5, 0.6) is 0 Å². The van der Waals surface area contributed by atoms with Crippen molar-refractivity contribution in [3.63, 3.8) is 0 Å². The Morgan fingerprint density at radius 3 is 2.43 bits per heavy atom. The minimum atomic E-state index is -0.546. The summed E-state index contributed by atoms with van der Waals surface area (Å²) < 4.78 is 16.1. The van der Waals surface area contributed by atoms with Crippen LogP contribution >= 0.6 is 0 Å². The average molecular weight is 300 g/mol. The molecule has 21 heavy (non-hydrogen) atoms. The van der Waals surface area contributed by atoms with E-state index in [1.54, 1.807) is 13.2 Å². The fraction of sp³-hybridized carbons (Fsp3) is 0.824. The van der Waals surface area contributed by atoms with Gasteiger partial charge in [0.15, 0.2) is 0 Å². The van der Waals surface area contributed by atoms with Gasteiger partial charge in [0.1, 0.15) is 6.79 Å². The zero-order chi connectivity index (χ0) is 16.3. The van der Waals surface area contributed by atoms with Crippen molar-refractivity contribution in [3.05, 3.63) is 12.7 Å². The third-order valence-electron chi connectivity index (χ3n) is 3.71. The average Bonchev–Trinajstić information content (AvgIpc) is 2.43. The number of esters is 1. The molecule has 0 saturated heterocycles. The normalized spacial score (nSPS) is 15.5. The molecule has 0 aliphatic rings. The van der Waals surface area contributed by atoms with Gasteiger partial charge in [-0.25, -0.2) is 0 Å². The Morgan fingerprint density at radius 1 is 1.33 bits per heavy atom. The zero-order valence-corrected chi connectivity index (χ0v) is 14.3. The Morgan fingerprint density at radius 2 is 2.00 bits per heavy atom. The number of hydrogen-bond acceptors (Lipinski definition) is 4. The van der Waals surface area contributed by atoms with Crippen LogP contribution in [0.15, 0.2) is 12.7 Å². The summed E-state index contributed by atoms with van der Waals surface area (Å²) in [5, 5.41) is 0. The number of allylic oxidation sites excluding steroid dienone is 1. The van der Waals surface area contributed by atoms with E-state index in [0.717, 1.165) is 12.8 Å². The molecule has 0 unspecified atom stereocenters. The van der Waals surface area contributed by atoms with Gasteiger partial charge in [0.2, 0.25) is 0 Å². The number of methoxy groups -OCH3 is 1. The summed E-state index contributed by atoms with van der Waals surface area (Å²) in [4.78, 5) is 12.5. The Hall–Kier alpha value is -0.870. The maximum absolute atomic E-state index is 12.5. The highest BCUT2D eigenvalue weighted by atomic mass is 16.7. The standard InChI is InChI=1S/C17H32O4/c1-7-10-17(11-8-2,16(18)20-9-3)12-15(14(4)5)21-13-19-6/h7,14-15H,1,8-13H2,2-6H3/t15-,17+/m1/s1. The molecule has 0 aromatic carbocycles. The van der Waals surface area contributed by atoms with E-state index in [9.17, 15) is 4.79 Å². The van der Waals surface area contributed by atoms with E-state index in [1.807, 2.05) is 6.92 Å². The lowest BCUT2D eigenvalue weighted by atomic mass is 9.74. The first-order chi connectivity index (χ1) is 9.97. The number of carbonyl (C=O) groups is 1. The molecular weight excluding hydrogens is 268 g/mol. The zero-order valence-electron chi connectivity index (χ0n) is 14.3. The summed E-state index contributed by atoms with van der Waals surface area (Å²) in [7, 11) is 1.60. The molecule has 0 heterocycles. The Kier molecular flexibility index (Phi) is 10.4. The first kappa shape index (κ1) is 20.1. The van der Waals surface area contributed by atoms with Gasteiger partial charge in [-0.15, -0.1) is 6.58 Å². The highest BCUT2D eigenvalue weighted by molar-refractivity contribution is 5.77. The van der Waals surface area contributed by atoms with Gasteiger partial charge >= 0.3 is 5.97 Å². The number of rotatable bonds is 12. The maximum atomic E-state index is 12.5. The molecule has 0 rings (SSSR count). The number of hydrogen-bond donors (Lipinski definition) is 0.